The molecule has 208 valence electrons. The fourth-order valence-electron chi connectivity index (χ4n) is 3.88. The second kappa shape index (κ2) is 13.5. The molecule has 0 aliphatic carbocycles. The Kier molecular flexibility index (Phi) is 10.4. The van der Waals surface area contributed by atoms with Crippen molar-refractivity contribution in [2.24, 2.45) is 0 Å². The highest BCUT2D eigenvalue weighted by Crippen LogP contribution is 2.27. The highest BCUT2D eigenvalue weighted by molar-refractivity contribution is 7.92. The molecular weight excluding hydrogens is 538 g/mol. The van der Waals surface area contributed by atoms with E-state index in [2.05, 4.69) is 5.32 Å². The van der Waals surface area contributed by atoms with Gasteiger partial charge in [0.2, 0.25) is 11.8 Å². The van der Waals surface area contributed by atoms with Crippen molar-refractivity contribution in [2.45, 2.75) is 44.7 Å². The topological polar surface area (TPSA) is 96.0 Å². The fourth-order valence-corrected chi connectivity index (χ4v) is 5.42. The van der Waals surface area contributed by atoms with Crippen molar-refractivity contribution in [3.05, 3.63) is 88.9 Å². The number of anilines is 1. The number of nitrogens with zero attached hydrogens (tertiary/aromatic N) is 2. The van der Waals surface area contributed by atoms with Crippen LogP contribution in [0.3, 0.4) is 0 Å². The Hall–Kier alpha value is -3.56. The van der Waals surface area contributed by atoms with Crippen LogP contribution in [0.2, 0.25) is 5.02 Å². The van der Waals surface area contributed by atoms with Gasteiger partial charge in [0.1, 0.15) is 18.3 Å². The number of nitrogens with one attached hydrogen (secondary N) is 1. The van der Waals surface area contributed by atoms with Gasteiger partial charge < -0.3 is 15.0 Å². The van der Waals surface area contributed by atoms with Gasteiger partial charge in [-0.1, -0.05) is 48.4 Å². The van der Waals surface area contributed by atoms with Gasteiger partial charge >= 0.3 is 0 Å². The average molecular weight is 572 g/mol. The van der Waals surface area contributed by atoms with Gasteiger partial charge in [-0.05, 0) is 74.4 Å². The molecule has 3 aromatic carbocycles. The van der Waals surface area contributed by atoms with E-state index in [1.165, 1.54) is 24.1 Å². The molecule has 0 aliphatic heterocycles. The second-order valence-corrected chi connectivity index (χ2v) is 11.4. The van der Waals surface area contributed by atoms with Gasteiger partial charge in [-0.3, -0.25) is 13.9 Å². The third-order valence-corrected chi connectivity index (χ3v) is 8.27. The summed E-state index contributed by atoms with van der Waals surface area (Å²) in [4.78, 5) is 28.2. The third kappa shape index (κ3) is 7.74. The summed E-state index contributed by atoms with van der Waals surface area (Å²) in [5, 5.41) is 3.36. The summed E-state index contributed by atoms with van der Waals surface area (Å²) in [5.74, 6) is -0.310. The summed E-state index contributed by atoms with van der Waals surface area (Å²) in [6.45, 7) is 5.47. The van der Waals surface area contributed by atoms with Gasteiger partial charge in [0.15, 0.2) is 0 Å². The van der Waals surface area contributed by atoms with Gasteiger partial charge in [0.05, 0.1) is 17.7 Å². The lowest BCUT2D eigenvalue weighted by atomic mass is 10.1. The molecule has 1 atom stereocenters. The molecule has 3 aromatic rings. The smallest absolute Gasteiger partial charge is 0.264 e. The Balaban J connectivity index is 2.01. The number of benzene rings is 3. The van der Waals surface area contributed by atoms with E-state index < -0.39 is 28.5 Å². The molecule has 0 saturated heterocycles. The predicted molar refractivity (Wildman–Crippen MR) is 153 cm³/mol. The number of carbonyl (C=O) groups is 2. The number of halogens is 1. The Morgan fingerprint density at radius 1 is 0.974 bits per heavy atom. The molecule has 0 fully saturated rings. The maximum Gasteiger partial charge on any atom is 0.264 e. The summed E-state index contributed by atoms with van der Waals surface area (Å²) in [6.07, 6.45) is 0.740. The zero-order valence-corrected chi connectivity index (χ0v) is 24.1. The summed E-state index contributed by atoms with van der Waals surface area (Å²) in [5.41, 5.74) is 1.95. The van der Waals surface area contributed by atoms with Crippen molar-refractivity contribution in [1.29, 1.82) is 0 Å². The second-order valence-electron chi connectivity index (χ2n) is 9.14. The predicted octanol–water partition coefficient (Wildman–Crippen LogP) is 4.80. The maximum absolute atomic E-state index is 13.9. The minimum absolute atomic E-state index is 0.0507. The van der Waals surface area contributed by atoms with Crippen LogP contribution in [0.15, 0.2) is 77.7 Å². The van der Waals surface area contributed by atoms with E-state index in [4.69, 9.17) is 16.3 Å². The van der Waals surface area contributed by atoms with Crippen LogP contribution in [0.4, 0.5) is 5.69 Å². The molecule has 3 rings (SSSR count). The van der Waals surface area contributed by atoms with Crippen LogP contribution >= 0.6 is 11.6 Å². The standard InChI is InChI=1S/C29H34ClN3O5S/c1-5-18-31-29(35)22(3)32(19-23-8-10-24(30)11-9-23)28(34)20-33(25-12-14-26(38-4)15-13-25)39(36,37)27-16-6-21(2)7-17-27/h6-17,22H,5,18-20H2,1-4H3,(H,31,35). The molecule has 0 saturated carbocycles. The van der Waals surface area contributed by atoms with Crippen molar-refractivity contribution >= 4 is 39.1 Å². The number of aryl methyl sites for hydroxylation is 1. The Labute approximate surface area is 235 Å². The summed E-state index contributed by atoms with van der Waals surface area (Å²) >= 11 is 6.03. The van der Waals surface area contributed by atoms with Gasteiger partial charge in [-0.15, -0.1) is 0 Å². The molecule has 0 aromatic heterocycles. The fraction of sp³-hybridized carbons (Fsp3) is 0.310. The minimum atomic E-state index is -4.13. The molecule has 1 unspecified atom stereocenters. The normalized spacial score (nSPS) is 11.9. The van der Waals surface area contributed by atoms with Crippen LogP contribution in [0, 0.1) is 6.92 Å². The molecule has 0 aliphatic rings. The first-order valence-corrected chi connectivity index (χ1v) is 14.4. The lowest BCUT2D eigenvalue weighted by Gasteiger charge is -2.32. The Bertz CT molecular complexity index is 1360. The average Bonchev–Trinajstić information content (AvgIpc) is 2.94. The zero-order chi connectivity index (χ0) is 28.6. The Morgan fingerprint density at radius 2 is 1.59 bits per heavy atom. The van der Waals surface area contributed by atoms with E-state index >= 15 is 0 Å². The SMILES string of the molecule is CCCNC(=O)C(C)N(Cc1ccc(Cl)cc1)C(=O)CN(c1ccc(OC)cc1)S(=O)(=O)c1ccc(C)cc1. The van der Waals surface area contributed by atoms with E-state index in [1.807, 2.05) is 13.8 Å². The molecule has 2 amide bonds. The van der Waals surface area contributed by atoms with E-state index in [0.29, 0.717) is 23.0 Å². The molecule has 1 N–H and O–H groups in total. The summed E-state index contributed by atoms with van der Waals surface area (Å²) in [7, 11) is -2.62. The van der Waals surface area contributed by atoms with Gasteiger partial charge in [0.25, 0.3) is 10.0 Å². The van der Waals surface area contributed by atoms with Gasteiger partial charge in [-0.25, -0.2) is 8.42 Å². The first kappa shape index (κ1) is 30.0. The first-order valence-electron chi connectivity index (χ1n) is 12.6. The van der Waals surface area contributed by atoms with Crippen molar-refractivity contribution in [2.75, 3.05) is 24.5 Å². The Morgan fingerprint density at radius 3 is 2.15 bits per heavy atom. The monoisotopic (exact) mass is 571 g/mol. The number of rotatable bonds is 12. The highest BCUT2D eigenvalue weighted by Gasteiger charge is 2.32. The number of amides is 2. The molecule has 8 nitrogen and oxygen atoms in total. The minimum Gasteiger partial charge on any atom is -0.497 e. The number of methoxy groups -OCH3 is 1. The van der Waals surface area contributed by atoms with Crippen LogP contribution < -0.4 is 14.4 Å². The van der Waals surface area contributed by atoms with Crippen molar-refractivity contribution in [3.8, 4) is 5.75 Å². The molecule has 0 heterocycles. The molecule has 10 heteroatoms. The highest BCUT2D eigenvalue weighted by atomic mass is 35.5. The largest absolute Gasteiger partial charge is 0.497 e. The van der Waals surface area contributed by atoms with Crippen LogP contribution in [0.1, 0.15) is 31.4 Å². The third-order valence-electron chi connectivity index (χ3n) is 6.23. The first-order chi connectivity index (χ1) is 18.6. The summed E-state index contributed by atoms with van der Waals surface area (Å²) in [6, 6.07) is 18.9. The number of ether oxygens (including phenoxy) is 1. The van der Waals surface area contributed by atoms with E-state index in [1.54, 1.807) is 67.6 Å². The number of carbonyl (C=O) groups excluding carboxylic acids is 2. The number of sulfonamides is 1. The van der Waals surface area contributed by atoms with Crippen molar-refractivity contribution < 1.29 is 22.7 Å². The number of hydrogen-bond acceptors (Lipinski definition) is 5. The quantitative estimate of drug-likeness (QED) is 0.337. The van der Waals surface area contributed by atoms with Crippen LogP contribution in [0.25, 0.3) is 0 Å². The lowest BCUT2D eigenvalue weighted by Crippen LogP contribution is -2.51. The molecule has 0 radical (unpaired) electrons. The van der Waals surface area contributed by atoms with E-state index in [-0.39, 0.29) is 17.3 Å². The molecule has 39 heavy (non-hydrogen) atoms. The maximum atomic E-state index is 13.9. The number of hydrogen-bond donors (Lipinski definition) is 1. The molecule has 0 bridgehead atoms. The van der Waals surface area contributed by atoms with Gasteiger partial charge in [0, 0.05) is 18.1 Å². The van der Waals surface area contributed by atoms with Gasteiger partial charge in [-0.2, -0.15) is 0 Å². The van der Waals surface area contributed by atoms with Crippen LogP contribution in [-0.4, -0.2) is 51.4 Å². The van der Waals surface area contributed by atoms with Crippen LogP contribution in [-0.2, 0) is 26.2 Å². The lowest BCUT2D eigenvalue weighted by molar-refractivity contribution is -0.139. The van der Waals surface area contributed by atoms with Crippen molar-refractivity contribution in [1.82, 2.24) is 10.2 Å². The molecule has 0 spiro atoms. The van der Waals surface area contributed by atoms with E-state index in [0.717, 1.165) is 21.9 Å². The van der Waals surface area contributed by atoms with Crippen LogP contribution in [0.5, 0.6) is 5.75 Å². The van der Waals surface area contributed by atoms with Crippen molar-refractivity contribution in [3.63, 3.8) is 0 Å². The zero-order valence-electron chi connectivity index (χ0n) is 22.6. The molecular formula is C29H34ClN3O5S. The van der Waals surface area contributed by atoms with E-state index in [9.17, 15) is 18.0 Å². The summed E-state index contributed by atoms with van der Waals surface area (Å²) < 4.78 is 33.9.